The highest BCUT2D eigenvalue weighted by molar-refractivity contribution is 7.99. The summed E-state index contributed by atoms with van der Waals surface area (Å²) < 4.78 is 5.24. The van der Waals surface area contributed by atoms with E-state index in [-0.39, 0.29) is 0 Å². The fourth-order valence-electron chi connectivity index (χ4n) is 1.61. The predicted octanol–water partition coefficient (Wildman–Crippen LogP) is 2.43. The van der Waals surface area contributed by atoms with Crippen LogP contribution in [0.3, 0.4) is 0 Å². The van der Waals surface area contributed by atoms with Gasteiger partial charge in [-0.2, -0.15) is 0 Å². The fraction of sp³-hybridized carbons (Fsp3) is 0.600. The summed E-state index contributed by atoms with van der Waals surface area (Å²) in [6.07, 6.45) is 4.42. The Morgan fingerprint density at radius 3 is 3.23 bits per heavy atom. The van der Waals surface area contributed by atoms with Gasteiger partial charge in [0.15, 0.2) is 0 Å². The van der Waals surface area contributed by atoms with E-state index in [4.69, 9.17) is 4.42 Å². The second-order valence-corrected chi connectivity index (χ2v) is 4.51. The zero-order chi connectivity index (χ0) is 9.10. The van der Waals surface area contributed by atoms with Crippen LogP contribution in [0.25, 0.3) is 0 Å². The summed E-state index contributed by atoms with van der Waals surface area (Å²) in [5.41, 5.74) is 0. The second kappa shape index (κ2) is 4.20. The van der Waals surface area contributed by atoms with Gasteiger partial charge in [-0.05, 0) is 32.4 Å². The van der Waals surface area contributed by atoms with E-state index in [2.05, 4.69) is 11.4 Å². The molecule has 0 bridgehead atoms. The smallest absolute Gasteiger partial charge is 0.114 e. The third-order valence-electron chi connectivity index (χ3n) is 2.41. The maximum absolute atomic E-state index is 5.24. The van der Waals surface area contributed by atoms with Gasteiger partial charge in [0.25, 0.3) is 0 Å². The molecule has 2 nitrogen and oxygen atoms in total. The quantitative estimate of drug-likeness (QED) is 0.753. The highest BCUT2D eigenvalue weighted by atomic mass is 32.2. The third-order valence-corrected chi connectivity index (χ3v) is 3.72. The Morgan fingerprint density at radius 1 is 1.69 bits per heavy atom. The molecule has 1 fully saturated rings. The minimum atomic E-state index is 0.708. The van der Waals surface area contributed by atoms with Gasteiger partial charge in [0.1, 0.15) is 5.76 Å². The molecule has 0 radical (unpaired) electrons. The summed E-state index contributed by atoms with van der Waals surface area (Å²) >= 11 is 1.89. The topological polar surface area (TPSA) is 25.2 Å². The van der Waals surface area contributed by atoms with Crippen LogP contribution in [0.2, 0.25) is 0 Å². The lowest BCUT2D eigenvalue weighted by Gasteiger charge is -2.08. The fourth-order valence-corrected chi connectivity index (χ4v) is 2.68. The van der Waals surface area contributed by atoms with Crippen molar-refractivity contribution in [2.24, 2.45) is 0 Å². The van der Waals surface area contributed by atoms with Gasteiger partial charge in [-0.25, -0.2) is 0 Å². The lowest BCUT2D eigenvalue weighted by atomic mass is 10.3. The molecule has 0 aromatic carbocycles. The summed E-state index contributed by atoms with van der Waals surface area (Å²) in [6.45, 7) is 3.21. The zero-order valence-corrected chi connectivity index (χ0v) is 8.69. The predicted molar refractivity (Wildman–Crippen MR) is 55.2 cm³/mol. The normalized spacial score (nSPS) is 22.4. The van der Waals surface area contributed by atoms with Crippen LogP contribution in [0.4, 0.5) is 0 Å². The van der Waals surface area contributed by atoms with Crippen LogP contribution < -0.4 is 5.32 Å². The number of aryl methyl sites for hydroxylation is 1. The van der Waals surface area contributed by atoms with Crippen LogP contribution in [0.15, 0.2) is 21.6 Å². The van der Waals surface area contributed by atoms with Gasteiger partial charge in [-0.15, -0.1) is 11.8 Å². The molecule has 1 N–H and O–H groups in total. The lowest BCUT2D eigenvalue weighted by Crippen LogP contribution is -2.23. The number of furan rings is 1. The van der Waals surface area contributed by atoms with E-state index in [9.17, 15) is 0 Å². The summed E-state index contributed by atoms with van der Waals surface area (Å²) in [4.78, 5) is 1.29. The first-order chi connectivity index (χ1) is 6.36. The highest BCUT2D eigenvalue weighted by Crippen LogP contribution is 2.25. The molecule has 1 saturated heterocycles. The molecule has 1 aromatic heterocycles. The zero-order valence-electron chi connectivity index (χ0n) is 7.88. The third kappa shape index (κ3) is 2.29. The van der Waals surface area contributed by atoms with Crippen molar-refractivity contribution < 1.29 is 4.42 Å². The first-order valence-corrected chi connectivity index (χ1v) is 5.75. The monoisotopic (exact) mass is 197 g/mol. The van der Waals surface area contributed by atoms with E-state index in [0.29, 0.717) is 6.04 Å². The van der Waals surface area contributed by atoms with Crippen LogP contribution in [0.5, 0.6) is 0 Å². The highest BCUT2D eigenvalue weighted by Gasteiger charge is 2.14. The first kappa shape index (κ1) is 9.16. The number of hydrogen-bond acceptors (Lipinski definition) is 3. The molecule has 1 aromatic rings. The van der Waals surface area contributed by atoms with Crippen LogP contribution in [0, 0.1) is 6.92 Å². The van der Waals surface area contributed by atoms with Crippen molar-refractivity contribution in [3.05, 3.63) is 18.1 Å². The van der Waals surface area contributed by atoms with Crippen molar-refractivity contribution in [1.29, 1.82) is 0 Å². The summed E-state index contributed by atoms with van der Waals surface area (Å²) in [5.74, 6) is 2.21. The Bertz CT molecular complexity index is 266. The Kier molecular flexibility index (Phi) is 2.96. The molecule has 1 aliphatic heterocycles. The van der Waals surface area contributed by atoms with Crippen LogP contribution in [-0.4, -0.2) is 18.3 Å². The van der Waals surface area contributed by atoms with Crippen molar-refractivity contribution in [2.45, 2.75) is 30.7 Å². The van der Waals surface area contributed by atoms with E-state index in [1.165, 1.54) is 30.0 Å². The van der Waals surface area contributed by atoms with Gasteiger partial charge >= 0.3 is 0 Å². The summed E-state index contributed by atoms with van der Waals surface area (Å²) in [5, 5.41) is 3.49. The SMILES string of the molecule is Cc1occc1SC[C@H]1CCCN1. The van der Waals surface area contributed by atoms with Crippen molar-refractivity contribution in [2.75, 3.05) is 12.3 Å². The molecular formula is C10H15NOS. The molecule has 3 heteroatoms. The van der Waals surface area contributed by atoms with Crippen molar-refractivity contribution in [3.63, 3.8) is 0 Å². The number of thioether (sulfide) groups is 1. The van der Waals surface area contributed by atoms with Crippen molar-refractivity contribution >= 4 is 11.8 Å². The molecule has 0 unspecified atom stereocenters. The molecule has 0 spiro atoms. The van der Waals surface area contributed by atoms with Crippen LogP contribution >= 0.6 is 11.8 Å². The van der Waals surface area contributed by atoms with E-state index in [1.54, 1.807) is 6.26 Å². The van der Waals surface area contributed by atoms with Crippen LogP contribution in [-0.2, 0) is 0 Å². The van der Waals surface area contributed by atoms with Gasteiger partial charge < -0.3 is 9.73 Å². The Labute approximate surface area is 83.1 Å². The van der Waals surface area contributed by atoms with Crippen molar-refractivity contribution in [3.8, 4) is 0 Å². The maximum Gasteiger partial charge on any atom is 0.114 e. The van der Waals surface area contributed by atoms with Gasteiger partial charge in [0, 0.05) is 16.7 Å². The first-order valence-electron chi connectivity index (χ1n) is 4.76. The average Bonchev–Trinajstić information content (AvgIpc) is 2.72. The molecule has 0 saturated carbocycles. The minimum absolute atomic E-state index is 0.708. The molecule has 13 heavy (non-hydrogen) atoms. The summed E-state index contributed by atoms with van der Waals surface area (Å²) in [6, 6.07) is 2.76. The van der Waals surface area contributed by atoms with E-state index in [0.717, 1.165) is 5.76 Å². The van der Waals surface area contributed by atoms with Gasteiger partial charge in [-0.1, -0.05) is 0 Å². The van der Waals surface area contributed by atoms with Gasteiger partial charge in [-0.3, -0.25) is 0 Å². The maximum atomic E-state index is 5.24. The largest absolute Gasteiger partial charge is 0.468 e. The second-order valence-electron chi connectivity index (χ2n) is 3.45. The van der Waals surface area contributed by atoms with Gasteiger partial charge in [0.2, 0.25) is 0 Å². The molecule has 1 aliphatic rings. The number of rotatable bonds is 3. The Morgan fingerprint density at radius 2 is 2.62 bits per heavy atom. The molecule has 1 atom stereocenters. The molecule has 0 amide bonds. The van der Waals surface area contributed by atoms with Crippen LogP contribution in [0.1, 0.15) is 18.6 Å². The molecular weight excluding hydrogens is 182 g/mol. The molecule has 72 valence electrons. The number of nitrogens with one attached hydrogen (secondary N) is 1. The van der Waals surface area contributed by atoms with E-state index >= 15 is 0 Å². The van der Waals surface area contributed by atoms with Crippen molar-refractivity contribution in [1.82, 2.24) is 5.32 Å². The lowest BCUT2D eigenvalue weighted by molar-refractivity contribution is 0.527. The minimum Gasteiger partial charge on any atom is -0.468 e. The Balaban J connectivity index is 1.82. The molecule has 2 heterocycles. The molecule has 0 aliphatic carbocycles. The van der Waals surface area contributed by atoms with Gasteiger partial charge in [0.05, 0.1) is 6.26 Å². The van der Waals surface area contributed by atoms with E-state index in [1.807, 2.05) is 18.7 Å². The standard InChI is InChI=1S/C10H15NOS/c1-8-10(4-6-12-8)13-7-9-3-2-5-11-9/h4,6,9,11H,2-3,5,7H2,1H3/t9-/m1/s1. The Hall–Kier alpha value is -0.410. The number of hydrogen-bond donors (Lipinski definition) is 1. The average molecular weight is 197 g/mol. The summed E-state index contributed by atoms with van der Waals surface area (Å²) in [7, 11) is 0. The van der Waals surface area contributed by atoms with E-state index < -0.39 is 0 Å². The molecule has 2 rings (SSSR count).